The molecule has 0 radical (unpaired) electrons. The first-order valence-electron chi connectivity index (χ1n) is 4.56. The number of aliphatic hydroxyl groups excluding tert-OH is 1. The second kappa shape index (κ2) is 4.00. The van der Waals surface area contributed by atoms with Gasteiger partial charge in [-0.25, -0.2) is 0 Å². The number of imidazole rings is 1. The number of aryl methyl sites for hydroxylation is 1. The van der Waals surface area contributed by atoms with Crippen LogP contribution in [0.15, 0.2) is 18.6 Å². The summed E-state index contributed by atoms with van der Waals surface area (Å²) < 4.78 is 4.21. The Bertz CT molecular complexity index is 510. The van der Waals surface area contributed by atoms with Crippen LogP contribution < -0.4 is 0 Å². The van der Waals surface area contributed by atoms with Crippen LogP contribution in [0, 0.1) is 4.77 Å². The second-order valence-electron chi connectivity index (χ2n) is 3.35. The summed E-state index contributed by atoms with van der Waals surface area (Å²) in [5, 5.41) is 13.2. The van der Waals surface area contributed by atoms with E-state index in [1.54, 1.807) is 17.1 Å². The van der Waals surface area contributed by atoms with Crippen LogP contribution in [-0.4, -0.2) is 24.4 Å². The molecule has 0 atom stereocenters. The highest BCUT2D eigenvalue weighted by Crippen LogP contribution is 2.06. The summed E-state index contributed by atoms with van der Waals surface area (Å²) in [5.41, 5.74) is 1.84. The van der Waals surface area contributed by atoms with Gasteiger partial charge in [-0.2, -0.15) is 5.10 Å². The summed E-state index contributed by atoms with van der Waals surface area (Å²) in [6.07, 6.45) is 5.44. The Morgan fingerprint density at radius 1 is 1.60 bits per heavy atom. The van der Waals surface area contributed by atoms with E-state index in [9.17, 15) is 0 Å². The van der Waals surface area contributed by atoms with Crippen LogP contribution in [0.3, 0.4) is 0 Å². The van der Waals surface area contributed by atoms with Crippen molar-refractivity contribution in [2.75, 3.05) is 0 Å². The van der Waals surface area contributed by atoms with E-state index in [0.29, 0.717) is 11.3 Å². The van der Waals surface area contributed by atoms with Gasteiger partial charge < -0.3 is 14.7 Å². The minimum atomic E-state index is -0.0204. The molecule has 0 aliphatic carbocycles. The number of hydrogen-bond donors (Lipinski definition) is 2. The van der Waals surface area contributed by atoms with Gasteiger partial charge in [-0.05, 0) is 12.2 Å². The van der Waals surface area contributed by atoms with E-state index in [0.717, 1.165) is 11.3 Å². The van der Waals surface area contributed by atoms with Crippen molar-refractivity contribution in [3.63, 3.8) is 0 Å². The van der Waals surface area contributed by atoms with Crippen molar-refractivity contribution in [2.45, 2.75) is 13.2 Å². The Kier molecular flexibility index (Phi) is 2.70. The summed E-state index contributed by atoms with van der Waals surface area (Å²) in [5.74, 6) is 0. The summed E-state index contributed by atoms with van der Waals surface area (Å²) in [6, 6.07) is 0. The maximum absolute atomic E-state index is 9.11. The van der Waals surface area contributed by atoms with Gasteiger partial charge in [0.1, 0.15) is 0 Å². The van der Waals surface area contributed by atoms with E-state index in [1.165, 1.54) is 0 Å². The number of nitrogens with one attached hydrogen (secondary N) is 1. The van der Waals surface area contributed by atoms with Gasteiger partial charge in [0, 0.05) is 25.0 Å². The molecule has 6 heteroatoms. The first-order valence-corrected chi connectivity index (χ1v) is 4.97. The smallest absolute Gasteiger partial charge is 0.177 e. The molecule has 0 aliphatic rings. The van der Waals surface area contributed by atoms with Crippen molar-refractivity contribution in [1.29, 1.82) is 0 Å². The lowest BCUT2D eigenvalue weighted by Gasteiger charge is -2.03. The SMILES string of the molecule is Cn1cc(Cn2c(CO)c[nH]c2=S)cn1. The van der Waals surface area contributed by atoms with E-state index >= 15 is 0 Å². The summed E-state index contributed by atoms with van der Waals surface area (Å²) >= 11 is 5.11. The standard InChI is InChI=1S/C9H12N4OS/c1-12-4-7(2-11-12)5-13-8(6-14)3-10-9(13)15/h2-4,14H,5-6H2,1H3,(H,10,15). The molecule has 80 valence electrons. The number of aromatic nitrogens is 4. The molecule has 15 heavy (non-hydrogen) atoms. The largest absolute Gasteiger partial charge is 0.390 e. The molecule has 0 spiro atoms. The van der Waals surface area contributed by atoms with E-state index in [-0.39, 0.29) is 6.61 Å². The van der Waals surface area contributed by atoms with Crippen LogP contribution in [-0.2, 0) is 20.2 Å². The lowest BCUT2D eigenvalue weighted by Crippen LogP contribution is -2.03. The van der Waals surface area contributed by atoms with Crippen LogP contribution in [0.4, 0.5) is 0 Å². The zero-order valence-electron chi connectivity index (χ0n) is 8.34. The number of aromatic amines is 1. The first kappa shape index (κ1) is 10.1. The topological polar surface area (TPSA) is 58.8 Å². The average Bonchev–Trinajstić information content (AvgIpc) is 2.76. The number of nitrogens with zero attached hydrogens (tertiary/aromatic N) is 3. The molecule has 2 N–H and O–H groups in total. The molecule has 2 aromatic rings. The average molecular weight is 224 g/mol. The molecule has 2 aromatic heterocycles. The highest BCUT2D eigenvalue weighted by Gasteiger charge is 2.04. The molecule has 0 aliphatic heterocycles. The Hall–Kier alpha value is -1.40. The molecule has 0 unspecified atom stereocenters. The lowest BCUT2D eigenvalue weighted by atomic mass is 10.3. The van der Waals surface area contributed by atoms with Crippen molar-refractivity contribution >= 4 is 12.2 Å². The molecule has 0 amide bonds. The molecule has 0 saturated carbocycles. The van der Waals surface area contributed by atoms with Crippen molar-refractivity contribution in [2.24, 2.45) is 7.05 Å². The van der Waals surface area contributed by atoms with Gasteiger partial charge in [-0.1, -0.05) is 0 Å². The zero-order valence-corrected chi connectivity index (χ0v) is 9.16. The molecule has 0 bridgehead atoms. The van der Waals surface area contributed by atoms with Crippen LogP contribution in [0.25, 0.3) is 0 Å². The highest BCUT2D eigenvalue weighted by atomic mass is 32.1. The van der Waals surface area contributed by atoms with Crippen molar-refractivity contribution in [3.8, 4) is 0 Å². The third-order valence-corrected chi connectivity index (χ3v) is 2.55. The first-order chi connectivity index (χ1) is 7.20. The zero-order chi connectivity index (χ0) is 10.8. The predicted octanol–water partition coefficient (Wildman–Crippen LogP) is 0.820. The van der Waals surface area contributed by atoms with Gasteiger partial charge in [0.05, 0.1) is 25.0 Å². The molecule has 0 saturated heterocycles. The molecule has 5 nitrogen and oxygen atoms in total. The van der Waals surface area contributed by atoms with Crippen LogP contribution in [0.1, 0.15) is 11.3 Å². The van der Waals surface area contributed by atoms with Crippen LogP contribution >= 0.6 is 12.2 Å². The van der Waals surface area contributed by atoms with Crippen molar-refractivity contribution in [3.05, 3.63) is 34.6 Å². The summed E-state index contributed by atoms with van der Waals surface area (Å²) in [6.45, 7) is 0.611. The fraction of sp³-hybridized carbons (Fsp3) is 0.333. The van der Waals surface area contributed by atoms with Gasteiger partial charge in [0.15, 0.2) is 4.77 Å². The summed E-state index contributed by atoms with van der Waals surface area (Å²) in [4.78, 5) is 2.91. The van der Waals surface area contributed by atoms with Gasteiger partial charge in [0.2, 0.25) is 0 Å². The Morgan fingerprint density at radius 2 is 2.40 bits per heavy atom. The monoisotopic (exact) mass is 224 g/mol. The minimum absolute atomic E-state index is 0.0204. The molecule has 0 fully saturated rings. The van der Waals surface area contributed by atoms with E-state index < -0.39 is 0 Å². The van der Waals surface area contributed by atoms with Crippen molar-refractivity contribution < 1.29 is 5.11 Å². The highest BCUT2D eigenvalue weighted by molar-refractivity contribution is 7.71. The normalized spacial score (nSPS) is 10.8. The summed E-state index contributed by atoms with van der Waals surface area (Å²) in [7, 11) is 1.87. The van der Waals surface area contributed by atoms with E-state index in [2.05, 4.69) is 10.1 Å². The third-order valence-electron chi connectivity index (χ3n) is 2.22. The van der Waals surface area contributed by atoms with Crippen LogP contribution in [0.5, 0.6) is 0 Å². The molecular formula is C9H12N4OS. The Morgan fingerprint density at radius 3 is 3.00 bits per heavy atom. The quantitative estimate of drug-likeness (QED) is 0.759. The number of rotatable bonds is 3. The number of aliphatic hydroxyl groups is 1. The van der Waals surface area contributed by atoms with Gasteiger partial charge in [0.25, 0.3) is 0 Å². The van der Waals surface area contributed by atoms with E-state index in [4.69, 9.17) is 17.3 Å². The lowest BCUT2D eigenvalue weighted by molar-refractivity contribution is 0.271. The number of hydrogen-bond acceptors (Lipinski definition) is 3. The van der Waals surface area contributed by atoms with Crippen molar-refractivity contribution in [1.82, 2.24) is 19.3 Å². The maximum atomic E-state index is 9.11. The molecular weight excluding hydrogens is 212 g/mol. The van der Waals surface area contributed by atoms with E-state index in [1.807, 2.05) is 17.8 Å². The fourth-order valence-electron chi connectivity index (χ4n) is 1.47. The van der Waals surface area contributed by atoms with Gasteiger partial charge >= 0.3 is 0 Å². The molecule has 2 heterocycles. The molecule has 0 aromatic carbocycles. The third kappa shape index (κ3) is 2.00. The molecule has 2 rings (SSSR count). The Balaban J connectivity index is 2.31. The van der Waals surface area contributed by atoms with Crippen LogP contribution in [0.2, 0.25) is 0 Å². The van der Waals surface area contributed by atoms with Gasteiger partial charge in [-0.3, -0.25) is 4.68 Å². The number of H-pyrrole nitrogens is 1. The predicted molar refractivity (Wildman–Crippen MR) is 57.8 cm³/mol. The second-order valence-corrected chi connectivity index (χ2v) is 3.74. The maximum Gasteiger partial charge on any atom is 0.177 e. The fourth-order valence-corrected chi connectivity index (χ4v) is 1.71. The minimum Gasteiger partial charge on any atom is -0.390 e. The van der Waals surface area contributed by atoms with Gasteiger partial charge in [-0.15, -0.1) is 0 Å². The Labute approximate surface area is 92.0 Å².